The quantitative estimate of drug-likeness (QED) is 0.736. The van der Waals surface area contributed by atoms with E-state index in [4.69, 9.17) is 9.47 Å². The van der Waals surface area contributed by atoms with Crippen LogP contribution in [0.1, 0.15) is 12.5 Å². The maximum atomic E-state index is 11.0. The van der Waals surface area contributed by atoms with Gasteiger partial charge in [-0.1, -0.05) is 6.92 Å². The Morgan fingerprint density at radius 3 is 2.54 bits per heavy atom. The van der Waals surface area contributed by atoms with Gasteiger partial charge in [-0.05, 0) is 6.42 Å². The molecule has 1 heterocycles. The first-order valence-electron chi connectivity index (χ1n) is 3.94. The molecule has 0 bridgehead atoms. The number of aromatic nitrogens is 2. The standard InChI is InChI=1S/C8H12N2O3/c1-4-5-6(12-2)9-8(11)10-7(5)13-3/h4H2,1-3H3,(H,9,10,11). The van der Waals surface area contributed by atoms with Crippen LogP contribution in [0.2, 0.25) is 0 Å². The minimum atomic E-state index is -0.467. The van der Waals surface area contributed by atoms with Crippen LogP contribution in [0.25, 0.3) is 0 Å². The third kappa shape index (κ3) is 1.80. The normalized spacial score (nSPS) is 9.77. The van der Waals surface area contributed by atoms with E-state index in [2.05, 4.69) is 9.97 Å². The van der Waals surface area contributed by atoms with E-state index in [-0.39, 0.29) is 0 Å². The number of ether oxygens (including phenoxy) is 2. The highest BCUT2D eigenvalue weighted by molar-refractivity contribution is 5.33. The maximum Gasteiger partial charge on any atom is 0.351 e. The van der Waals surface area contributed by atoms with Crippen LogP contribution < -0.4 is 15.2 Å². The van der Waals surface area contributed by atoms with Gasteiger partial charge in [-0.2, -0.15) is 4.98 Å². The predicted octanol–water partition coefficient (Wildman–Crippen LogP) is 0.349. The van der Waals surface area contributed by atoms with Crippen molar-refractivity contribution in [3.63, 3.8) is 0 Å². The van der Waals surface area contributed by atoms with Crippen molar-refractivity contribution >= 4 is 0 Å². The molecule has 0 amide bonds. The van der Waals surface area contributed by atoms with Crippen molar-refractivity contribution in [2.24, 2.45) is 0 Å². The molecule has 0 aliphatic rings. The fourth-order valence-electron chi connectivity index (χ4n) is 1.11. The van der Waals surface area contributed by atoms with Gasteiger partial charge in [0.15, 0.2) is 0 Å². The Kier molecular flexibility index (Phi) is 2.89. The summed E-state index contributed by atoms with van der Waals surface area (Å²) in [4.78, 5) is 17.1. The van der Waals surface area contributed by atoms with E-state index in [1.54, 1.807) is 0 Å². The first kappa shape index (κ1) is 9.57. The summed E-state index contributed by atoms with van der Waals surface area (Å²) in [6.07, 6.45) is 0.691. The summed E-state index contributed by atoms with van der Waals surface area (Å²) in [5, 5.41) is 0. The monoisotopic (exact) mass is 184 g/mol. The van der Waals surface area contributed by atoms with Crippen LogP contribution in [0, 0.1) is 0 Å². The number of nitrogens with zero attached hydrogens (tertiary/aromatic N) is 1. The SMILES string of the molecule is CCc1c(OC)nc(=O)[nH]c1OC. The molecule has 0 atom stereocenters. The van der Waals surface area contributed by atoms with E-state index in [0.29, 0.717) is 18.2 Å². The molecule has 1 rings (SSSR count). The largest absolute Gasteiger partial charge is 0.482 e. The van der Waals surface area contributed by atoms with Crippen molar-refractivity contribution in [1.82, 2.24) is 9.97 Å². The van der Waals surface area contributed by atoms with Crippen LogP contribution in [-0.4, -0.2) is 24.2 Å². The zero-order chi connectivity index (χ0) is 9.84. The summed E-state index contributed by atoms with van der Waals surface area (Å²) < 4.78 is 9.93. The molecule has 0 saturated heterocycles. The van der Waals surface area contributed by atoms with Crippen molar-refractivity contribution in [3.05, 3.63) is 16.0 Å². The molecule has 0 spiro atoms. The van der Waals surface area contributed by atoms with E-state index >= 15 is 0 Å². The summed E-state index contributed by atoms with van der Waals surface area (Å²) in [5.74, 6) is 0.738. The van der Waals surface area contributed by atoms with Crippen molar-refractivity contribution in [2.45, 2.75) is 13.3 Å². The molecule has 0 saturated carbocycles. The van der Waals surface area contributed by atoms with Gasteiger partial charge in [0.25, 0.3) is 0 Å². The first-order valence-corrected chi connectivity index (χ1v) is 3.94. The van der Waals surface area contributed by atoms with Crippen molar-refractivity contribution in [3.8, 4) is 11.8 Å². The third-order valence-corrected chi connectivity index (χ3v) is 1.71. The van der Waals surface area contributed by atoms with Crippen LogP contribution in [0.3, 0.4) is 0 Å². The molecular formula is C8H12N2O3. The number of aromatic amines is 1. The van der Waals surface area contributed by atoms with Gasteiger partial charge in [0.1, 0.15) is 0 Å². The molecule has 1 aromatic heterocycles. The van der Waals surface area contributed by atoms with Gasteiger partial charge in [0, 0.05) is 0 Å². The number of methoxy groups -OCH3 is 2. The van der Waals surface area contributed by atoms with E-state index in [0.717, 1.165) is 5.56 Å². The van der Waals surface area contributed by atoms with Crippen molar-refractivity contribution in [1.29, 1.82) is 0 Å². The van der Waals surface area contributed by atoms with Gasteiger partial charge in [-0.3, -0.25) is 4.98 Å². The summed E-state index contributed by atoms with van der Waals surface area (Å²) in [6.45, 7) is 1.93. The second kappa shape index (κ2) is 3.93. The number of H-pyrrole nitrogens is 1. The molecule has 0 aliphatic heterocycles. The Hall–Kier alpha value is -1.52. The number of hydrogen-bond acceptors (Lipinski definition) is 4. The Bertz CT molecular complexity index is 317. The van der Waals surface area contributed by atoms with Gasteiger partial charge in [-0.25, -0.2) is 4.79 Å². The van der Waals surface area contributed by atoms with Crippen molar-refractivity contribution < 1.29 is 9.47 Å². The maximum absolute atomic E-state index is 11.0. The Labute approximate surface area is 75.7 Å². The zero-order valence-electron chi connectivity index (χ0n) is 7.88. The van der Waals surface area contributed by atoms with Crippen LogP contribution in [0.15, 0.2) is 4.79 Å². The summed E-state index contributed by atoms with van der Waals surface area (Å²) in [6, 6.07) is 0. The molecule has 5 heteroatoms. The average molecular weight is 184 g/mol. The highest BCUT2D eigenvalue weighted by atomic mass is 16.5. The van der Waals surface area contributed by atoms with Crippen LogP contribution >= 0.6 is 0 Å². The lowest BCUT2D eigenvalue weighted by atomic mass is 10.2. The van der Waals surface area contributed by atoms with Gasteiger partial charge in [0.2, 0.25) is 11.8 Å². The lowest BCUT2D eigenvalue weighted by Gasteiger charge is -2.08. The molecule has 0 radical (unpaired) electrons. The molecule has 0 aliphatic carbocycles. The Morgan fingerprint density at radius 2 is 2.08 bits per heavy atom. The van der Waals surface area contributed by atoms with Gasteiger partial charge >= 0.3 is 5.69 Å². The topological polar surface area (TPSA) is 64.2 Å². The van der Waals surface area contributed by atoms with Crippen LogP contribution in [0.4, 0.5) is 0 Å². The smallest absolute Gasteiger partial charge is 0.351 e. The van der Waals surface area contributed by atoms with E-state index in [9.17, 15) is 4.79 Å². The summed E-state index contributed by atoms with van der Waals surface area (Å²) in [5.41, 5.74) is 0.301. The average Bonchev–Trinajstić information content (AvgIpc) is 2.16. The summed E-state index contributed by atoms with van der Waals surface area (Å²) >= 11 is 0. The fraction of sp³-hybridized carbons (Fsp3) is 0.500. The molecular weight excluding hydrogens is 172 g/mol. The first-order chi connectivity index (χ1) is 6.22. The Balaban J connectivity index is 3.33. The second-order valence-corrected chi connectivity index (χ2v) is 2.42. The minimum absolute atomic E-state index is 0.322. The van der Waals surface area contributed by atoms with Gasteiger partial charge < -0.3 is 9.47 Å². The fourth-order valence-corrected chi connectivity index (χ4v) is 1.11. The predicted molar refractivity (Wildman–Crippen MR) is 47.3 cm³/mol. The number of nitrogens with one attached hydrogen (secondary N) is 1. The van der Waals surface area contributed by atoms with E-state index in [1.165, 1.54) is 14.2 Å². The highest BCUT2D eigenvalue weighted by Gasteiger charge is 2.10. The van der Waals surface area contributed by atoms with Crippen molar-refractivity contribution in [2.75, 3.05) is 14.2 Å². The van der Waals surface area contributed by atoms with E-state index < -0.39 is 5.69 Å². The van der Waals surface area contributed by atoms with Crippen LogP contribution in [-0.2, 0) is 6.42 Å². The van der Waals surface area contributed by atoms with Crippen LogP contribution in [0.5, 0.6) is 11.8 Å². The third-order valence-electron chi connectivity index (χ3n) is 1.71. The molecule has 1 N–H and O–H groups in total. The Morgan fingerprint density at radius 1 is 1.38 bits per heavy atom. The molecule has 72 valence electrons. The minimum Gasteiger partial charge on any atom is -0.482 e. The molecule has 5 nitrogen and oxygen atoms in total. The van der Waals surface area contributed by atoms with E-state index in [1.807, 2.05) is 6.92 Å². The highest BCUT2D eigenvalue weighted by Crippen LogP contribution is 2.21. The number of rotatable bonds is 3. The molecule has 0 unspecified atom stereocenters. The lowest BCUT2D eigenvalue weighted by Crippen LogP contribution is -2.14. The number of hydrogen-bond donors (Lipinski definition) is 1. The van der Waals surface area contributed by atoms with Gasteiger partial charge in [0.05, 0.1) is 19.8 Å². The lowest BCUT2D eigenvalue weighted by molar-refractivity contribution is 0.360. The molecule has 13 heavy (non-hydrogen) atoms. The molecule has 0 fully saturated rings. The molecule has 1 aromatic rings. The molecule has 0 aromatic carbocycles. The zero-order valence-corrected chi connectivity index (χ0v) is 7.88. The van der Waals surface area contributed by atoms with Gasteiger partial charge in [-0.15, -0.1) is 0 Å². The summed E-state index contributed by atoms with van der Waals surface area (Å²) in [7, 11) is 2.96. The second-order valence-electron chi connectivity index (χ2n) is 2.42.